The van der Waals surface area contributed by atoms with Crippen LogP contribution in [0.1, 0.15) is 35.4 Å². The Balaban J connectivity index is 1.36. The van der Waals surface area contributed by atoms with E-state index in [1.54, 1.807) is 6.20 Å². The molecule has 0 fully saturated rings. The summed E-state index contributed by atoms with van der Waals surface area (Å²) in [5.74, 6) is -0.364. The lowest BCUT2D eigenvalue weighted by Gasteiger charge is -2.13. The van der Waals surface area contributed by atoms with Crippen LogP contribution in [0.4, 0.5) is 4.79 Å². The van der Waals surface area contributed by atoms with Crippen LogP contribution in [0.3, 0.4) is 0 Å². The zero-order valence-electron chi connectivity index (χ0n) is 16.6. The lowest BCUT2D eigenvalue weighted by atomic mass is 10.1. The van der Waals surface area contributed by atoms with E-state index in [0.29, 0.717) is 25.1 Å². The van der Waals surface area contributed by atoms with Crippen molar-refractivity contribution >= 4 is 22.8 Å². The van der Waals surface area contributed by atoms with Gasteiger partial charge < -0.3 is 14.6 Å². The molecule has 0 bridgehead atoms. The first-order valence-corrected chi connectivity index (χ1v) is 9.61. The molecule has 1 aromatic heterocycles. The molecular formula is C22H26N4O3. The van der Waals surface area contributed by atoms with Gasteiger partial charge >= 0.3 is 6.03 Å². The fraction of sp³-hybridized carbons (Fsp3) is 0.273. The van der Waals surface area contributed by atoms with E-state index in [0.717, 1.165) is 16.5 Å². The predicted molar refractivity (Wildman–Crippen MR) is 112 cm³/mol. The molecule has 0 aliphatic carbocycles. The van der Waals surface area contributed by atoms with E-state index in [4.69, 9.17) is 4.74 Å². The number of hydrazine groups is 1. The number of rotatable bonds is 7. The fourth-order valence-corrected chi connectivity index (χ4v) is 3.10. The fourth-order valence-electron chi connectivity index (χ4n) is 3.10. The quantitative estimate of drug-likeness (QED) is 0.425. The molecule has 2 aromatic carbocycles. The van der Waals surface area contributed by atoms with Gasteiger partial charge in [0.05, 0.1) is 11.7 Å². The number of carbonyl (C=O) groups is 2. The van der Waals surface area contributed by atoms with Gasteiger partial charge in [0.1, 0.15) is 0 Å². The van der Waals surface area contributed by atoms with Crippen molar-refractivity contribution in [1.82, 2.24) is 20.7 Å². The number of ether oxygens (including phenoxy) is 1. The SMILES string of the molecule is C[C@@H](OCCCNC(=O)NNC(=O)c1cn(C)c2ccccc12)c1ccccc1. The summed E-state index contributed by atoms with van der Waals surface area (Å²) in [4.78, 5) is 24.3. The maximum atomic E-state index is 12.4. The van der Waals surface area contributed by atoms with Crippen molar-refractivity contribution in [2.45, 2.75) is 19.4 Å². The molecule has 7 nitrogen and oxygen atoms in total. The van der Waals surface area contributed by atoms with E-state index < -0.39 is 6.03 Å². The van der Waals surface area contributed by atoms with Gasteiger partial charge in [-0.05, 0) is 25.0 Å². The molecule has 3 aromatic rings. The molecule has 0 unspecified atom stereocenters. The third-order valence-corrected chi connectivity index (χ3v) is 4.67. The van der Waals surface area contributed by atoms with Gasteiger partial charge in [0.25, 0.3) is 5.91 Å². The van der Waals surface area contributed by atoms with Gasteiger partial charge in [-0.3, -0.25) is 10.2 Å². The first-order valence-electron chi connectivity index (χ1n) is 9.61. The van der Waals surface area contributed by atoms with Crippen molar-refractivity contribution in [3.8, 4) is 0 Å². The average Bonchev–Trinajstić information content (AvgIpc) is 3.09. The Morgan fingerprint density at radius 2 is 1.76 bits per heavy atom. The van der Waals surface area contributed by atoms with Crippen LogP contribution in [0.2, 0.25) is 0 Å². The Hall–Kier alpha value is -3.32. The summed E-state index contributed by atoms with van der Waals surface area (Å²) in [7, 11) is 1.87. The van der Waals surface area contributed by atoms with Gasteiger partial charge in [-0.2, -0.15) is 0 Å². The van der Waals surface area contributed by atoms with Crippen molar-refractivity contribution in [1.29, 1.82) is 0 Å². The van der Waals surface area contributed by atoms with E-state index >= 15 is 0 Å². The third-order valence-electron chi connectivity index (χ3n) is 4.67. The molecular weight excluding hydrogens is 368 g/mol. The van der Waals surface area contributed by atoms with Crippen molar-refractivity contribution in [2.24, 2.45) is 7.05 Å². The highest BCUT2D eigenvalue weighted by Gasteiger charge is 2.14. The van der Waals surface area contributed by atoms with Crippen molar-refractivity contribution in [2.75, 3.05) is 13.2 Å². The number of para-hydroxylation sites is 1. The maximum Gasteiger partial charge on any atom is 0.333 e. The topological polar surface area (TPSA) is 84.4 Å². The Bertz CT molecular complexity index is 969. The molecule has 1 heterocycles. The van der Waals surface area contributed by atoms with Crippen LogP contribution in [-0.4, -0.2) is 29.7 Å². The highest BCUT2D eigenvalue weighted by atomic mass is 16.5. The lowest BCUT2D eigenvalue weighted by molar-refractivity contribution is 0.0643. The summed E-state index contributed by atoms with van der Waals surface area (Å²) in [5, 5.41) is 3.53. The van der Waals surface area contributed by atoms with Crippen LogP contribution >= 0.6 is 0 Å². The summed E-state index contributed by atoms with van der Waals surface area (Å²) < 4.78 is 7.64. The summed E-state index contributed by atoms with van der Waals surface area (Å²) in [5.41, 5.74) is 7.40. The van der Waals surface area contributed by atoms with Gasteiger partial charge in [-0.15, -0.1) is 0 Å². The van der Waals surface area contributed by atoms with Gasteiger partial charge in [0.15, 0.2) is 0 Å². The Kier molecular flexibility index (Phi) is 6.86. The molecule has 3 N–H and O–H groups in total. The number of fused-ring (bicyclic) bond motifs is 1. The molecule has 152 valence electrons. The predicted octanol–water partition coefficient (Wildman–Crippen LogP) is 3.29. The minimum Gasteiger partial charge on any atom is -0.374 e. The van der Waals surface area contributed by atoms with Gasteiger partial charge in [0.2, 0.25) is 0 Å². The zero-order chi connectivity index (χ0) is 20.6. The molecule has 1 atom stereocenters. The second kappa shape index (κ2) is 9.75. The minimum absolute atomic E-state index is 0.00464. The standard InChI is InChI=1S/C22H26N4O3/c1-16(17-9-4-3-5-10-17)29-14-8-13-23-22(28)25-24-21(27)19-15-26(2)20-12-7-6-11-18(19)20/h3-7,9-12,15-16H,8,13-14H2,1-2H3,(H,24,27)(H2,23,25,28)/t16-/m1/s1. The summed E-state index contributed by atoms with van der Waals surface area (Å²) in [6.07, 6.45) is 2.41. The minimum atomic E-state index is -0.463. The highest BCUT2D eigenvalue weighted by molar-refractivity contribution is 6.07. The summed E-state index contributed by atoms with van der Waals surface area (Å²) in [6, 6.07) is 17.1. The summed E-state index contributed by atoms with van der Waals surface area (Å²) >= 11 is 0. The maximum absolute atomic E-state index is 12.4. The molecule has 3 amide bonds. The van der Waals surface area contributed by atoms with Crippen LogP contribution in [0.15, 0.2) is 60.8 Å². The number of hydrogen-bond acceptors (Lipinski definition) is 3. The number of hydrogen-bond donors (Lipinski definition) is 3. The monoisotopic (exact) mass is 394 g/mol. The number of nitrogens with one attached hydrogen (secondary N) is 3. The smallest absolute Gasteiger partial charge is 0.333 e. The first kappa shape index (κ1) is 20.4. The van der Waals surface area contributed by atoms with E-state index in [-0.39, 0.29) is 12.0 Å². The first-order chi connectivity index (χ1) is 14.1. The molecule has 7 heteroatoms. The lowest BCUT2D eigenvalue weighted by Crippen LogP contribution is -2.47. The number of urea groups is 1. The number of nitrogens with zero attached hydrogens (tertiary/aromatic N) is 1. The number of aromatic nitrogens is 1. The molecule has 3 rings (SSSR count). The van der Waals surface area contributed by atoms with E-state index in [1.807, 2.05) is 73.1 Å². The third kappa shape index (κ3) is 5.36. The molecule has 0 radical (unpaired) electrons. The molecule has 29 heavy (non-hydrogen) atoms. The zero-order valence-corrected chi connectivity index (χ0v) is 16.6. The summed E-state index contributed by atoms with van der Waals surface area (Å²) in [6.45, 7) is 2.97. The molecule has 0 aliphatic rings. The van der Waals surface area contributed by atoms with Gasteiger partial charge in [-0.25, -0.2) is 10.2 Å². The Morgan fingerprint density at radius 1 is 1.03 bits per heavy atom. The van der Waals surface area contributed by atoms with Crippen molar-refractivity contribution in [3.05, 3.63) is 71.9 Å². The van der Waals surface area contributed by atoms with E-state index in [2.05, 4.69) is 16.2 Å². The largest absolute Gasteiger partial charge is 0.374 e. The Morgan fingerprint density at radius 3 is 2.55 bits per heavy atom. The van der Waals surface area contributed by atoms with Crippen molar-refractivity contribution < 1.29 is 14.3 Å². The second-order valence-corrected chi connectivity index (χ2v) is 6.78. The van der Waals surface area contributed by atoms with Crippen LogP contribution in [0.5, 0.6) is 0 Å². The molecule has 0 spiro atoms. The number of carbonyl (C=O) groups excluding carboxylic acids is 2. The number of benzene rings is 2. The number of aryl methyl sites for hydroxylation is 1. The van der Waals surface area contributed by atoms with Crippen LogP contribution in [0, 0.1) is 0 Å². The van der Waals surface area contributed by atoms with Crippen LogP contribution in [0.25, 0.3) is 10.9 Å². The van der Waals surface area contributed by atoms with Crippen LogP contribution in [-0.2, 0) is 11.8 Å². The second-order valence-electron chi connectivity index (χ2n) is 6.78. The number of amides is 3. The molecule has 0 saturated heterocycles. The van der Waals surface area contributed by atoms with Crippen molar-refractivity contribution in [3.63, 3.8) is 0 Å². The normalized spacial score (nSPS) is 11.8. The van der Waals surface area contributed by atoms with Gasteiger partial charge in [0, 0.05) is 37.3 Å². The average molecular weight is 394 g/mol. The van der Waals surface area contributed by atoms with Crippen LogP contribution < -0.4 is 16.2 Å². The molecule has 0 aliphatic heterocycles. The van der Waals surface area contributed by atoms with E-state index in [1.165, 1.54) is 0 Å². The Labute approximate surface area is 170 Å². The van der Waals surface area contributed by atoms with Gasteiger partial charge in [-0.1, -0.05) is 48.5 Å². The van der Waals surface area contributed by atoms with E-state index in [9.17, 15) is 9.59 Å². The highest BCUT2D eigenvalue weighted by Crippen LogP contribution is 2.19. The molecule has 0 saturated carbocycles.